The summed E-state index contributed by atoms with van der Waals surface area (Å²) in [5.74, 6) is -1.58. The number of rotatable bonds is 4. The Morgan fingerprint density at radius 1 is 1.11 bits per heavy atom. The van der Waals surface area contributed by atoms with E-state index in [1.165, 1.54) is 23.1 Å². The second-order valence-corrected chi connectivity index (χ2v) is 7.34. The molecule has 0 unspecified atom stereocenters. The third kappa shape index (κ3) is 3.69. The summed E-state index contributed by atoms with van der Waals surface area (Å²) in [6, 6.07) is 9.81. The number of hydrogen-bond acceptors (Lipinski definition) is 4. The molecule has 146 valence electrons. The van der Waals surface area contributed by atoms with E-state index in [4.69, 9.17) is 4.74 Å². The van der Waals surface area contributed by atoms with Crippen molar-refractivity contribution in [2.45, 2.75) is 33.3 Å². The number of anilines is 2. The van der Waals surface area contributed by atoms with Gasteiger partial charge < -0.3 is 15.2 Å². The number of nitrogens with zero attached hydrogens (tertiary/aromatic N) is 1. The zero-order valence-corrected chi connectivity index (χ0v) is 16.2. The van der Waals surface area contributed by atoms with Crippen molar-refractivity contribution in [3.05, 3.63) is 53.1 Å². The van der Waals surface area contributed by atoms with Gasteiger partial charge in [-0.15, -0.1) is 0 Å². The number of aromatic carboxylic acids is 1. The maximum absolute atomic E-state index is 12.8. The molecule has 0 aliphatic carbocycles. The standard InChI is InChI=1S/C21H22N2O5/c1-12-5-7-15(9-13(12)2)22-18(24)11-23-16-8-6-14(19(25)26)10-17(16)28-21(3,4)20(23)27/h5-10H,11H2,1-4H3,(H,22,24)(H,25,26). The van der Waals surface area contributed by atoms with Gasteiger partial charge in [0.2, 0.25) is 5.91 Å². The van der Waals surface area contributed by atoms with Crippen LogP contribution in [0.3, 0.4) is 0 Å². The van der Waals surface area contributed by atoms with Crippen molar-refractivity contribution >= 4 is 29.2 Å². The van der Waals surface area contributed by atoms with Gasteiger partial charge >= 0.3 is 5.97 Å². The minimum atomic E-state index is -1.22. The van der Waals surface area contributed by atoms with Crippen LogP contribution in [-0.4, -0.2) is 35.0 Å². The normalized spacial score (nSPS) is 14.9. The van der Waals surface area contributed by atoms with Crippen molar-refractivity contribution in [1.82, 2.24) is 0 Å². The molecule has 7 nitrogen and oxygen atoms in total. The maximum Gasteiger partial charge on any atom is 0.335 e. The Bertz CT molecular complexity index is 981. The maximum atomic E-state index is 12.8. The van der Waals surface area contributed by atoms with E-state index >= 15 is 0 Å². The first kappa shape index (κ1) is 19.4. The highest BCUT2D eigenvalue weighted by atomic mass is 16.5. The van der Waals surface area contributed by atoms with Gasteiger partial charge in [-0.3, -0.25) is 14.5 Å². The van der Waals surface area contributed by atoms with Crippen molar-refractivity contribution < 1.29 is 24.2 Å². The van der Waals surface area contributed by atoms with Gasteiger partial charge in [-0.2, -0.15) is 0 Å². The number of benzene rings is 2. The quantitative estimate of drug-likeness (QED) is 0.847. The molecule has 0 spiro atoms. The Balaban J connectivity index is 1.87. The Morgan fingerprint density at radius 3 is 2.46 bits per heavy atom. The smallest absolute Gasteiger partial charge is 0.335 e. The number of hydrogen-bond donors (Lipinski definition) is 2. The number of carboxylic acid groups (broad SMARTS) is 1. The lowest BCUT2D eigenvalue weighted by molar-refractivity contribution is -0.133. The molecule has 3 rings (SSSR count). The summed E-state index contributed by atoms with van der Waals surface area (Å²) < 4.78 is 5.70. The van der Waals surface area contributed by atoms with Crippen molar-refractivity contribution in [2.24, 2.45) is 0 Å². The summed E-state index contributed by atoms with van der Waals surface area (Å²) in [6.07, 6.45) is 0. The number of carboxylic acids is 1. The van der Waals surface area contributed by atoms with E-state index in [2.05, 4.69) is 5.32 Å². The molecule has 1 aliphatic heterocycles. The highest BCUT2D eigenvalue weighted by Crippen LogP contribution is 2.38. The molecule has 0 fully saturated rings. The molecule has 2 aromatic carbocycles. The first-order valence-corrected chi connectivity index (χ1v) is 8.84. The van der Waals surface area contributed by atoms with E-state index in [1.54, 1.807) is 19.9 Å². The van der Waals surface area contributed by atoms with E-state index < -0.39 is 11.6 Å². The van der Waals surface area contributed by atoms with Crippen LogP contribution < -0.4 is 15.0 Å². The van der Waals surface area contributed by atoms with Crippen LogP contribution in [0.15, 0.2) is 36.4 Å². The van der Waals surface area contributed by atoms with Gasteiger partial charge in [0, 0.05) is 5.69 Å². The van der Waals surface area contributed by atoms with Crippen LogP contribution in [0.25, 0.3) is 0 Å². The largest absolute Gasteiger partial charge is 0.478 e. The molecule has 2 N–H and O–H groups in total. The average Bonchev–Trinajstić information content (AvgIpc) is 2.61. The molecule has 7 heteroatoms. The predicted molar refractivity (Wildman–Crippen MR) is 105 cm³/mol. The zero-order valence-electron chi connectivity index (χ0n) is 16.2. The van der Waals surface area contributed by atoms with Crippen molar-refractivity contribution in [2.75, 3.05) is 16.8 Å². The molecular formula is C21H22N2O5. The van der Waals surface area contributed by atoms with Crippen LogP contribution in [-0.2, 0) is 9.59 Å². The lowest BCUT2D eigenvalue weighted by atomic mass is 10.0. The predicted octanol–water partition coefficient (Wildman–Crippen LogP) is 3.14. The first-order chi connectivity index (χ1) is 13.1. The molecule has 0 atom stereocenters. The summed E-state index contributed by atoms with van der Waals surface area (Å²) in [7, 11) is 0. The highest BCUT2D eigenvalue weighted by molar-refractivity contribution is 6.08. The van der Waals surface area contributed by atoms with E-state index in [1.807, 2.05) is 26.0 Å². The zero-order chi connectivity index (χ0) is 20.6. The summed E-state index contributed by atoms with van der Waals surface area (Å²) in [5, 5.41) is 12.0. The van der Waals surface area contributed by atoms with Crippen LogP contribution in [0.5, 0.6) is 5.75 Å². The number of aryl methyl sites for hydroxylation is 2. The fourth-order valence-corrected chi connectivity index (χ4v) is 3.03. The van der Waals surface area contributed by atoms with Crippen LogP contribution in [0.4, 0.5) is 11.4 Å². The summed E-state index contributed by atoms with van der Waals surface area (Å²) in [5.41, 5.74) is 2.01. The number of amides is 2. The molecule has 2 amide bonds. The SMILES string of the molecule is Cc1ccc(NC(=O)CN2C(=O)C(C)(C)Oc3cc(C(=O)O)ccc32)cc1C. The highest BCUT2D eigenvalue weighted by Gasteiger charge is 2.41. The van der Waals surface area contributed by atoms with E-state index in [0.717, 1.165) is 11.1 Å². The monoisotopic (exact) mass is 382 g/mol. The van der Waals surface area contributed by atoms with Crippen LogP contribution >= 0.6 is 0 Å². The molecular weight excluding hydrogens is 360 g/mol. The Morgan fingerprint density at radius 2 is 1.82 bits per heavy atom. The third-order valence-corrected chi connectivity index (χ3v) is 4.72. The van der Waals surface area contributed by atoms with Gasteiger partial charge in [0.25, 0.3) is 5.91 Å². The Kier molecular flexibility index (Phi) is 4.85. The topological polar surface area (TPSA) is 95.9 Å². The summed E-state index contributed by atoms with van der Waals surface area (Å²) >= 11 is 0. The molecule has 2 aromatic rings. The second-order valence-electron chi connectivity index (χ2n) is 7.34. The lowest BCUT2D eigenvalue weighted by Crippen LogP contribution is -2.54. The number of carbonyl (C=O) groups is 3. The molecule has 28 heavy (non-hydrogen) atoms. The number of ether oxygens (including phenoxy) is 1. The van der Waals surface area contributed by atoms with Gasteiger partial charge in [-0.25, -0.2) is 4.79 Å². The minimum Gasteiger partial charge on any atom is -0.478 e. The van der Waals surface area contributed by atoms with Crippen LogP contribution in [0.1, 0.15) is 35.3 Å². The van der Waals surface area contributed by atoms with Gasteiger partial charge in [0.05, 0.1) is 11.3 Å². The molecule has 1 aliphatic rings. The lowest BCUT2D eigenvalue weighted by Gasteiger charge is -2.38. The second kappa shape index (κ2) is 6.99. The Labute approximate surface area is 162 Å². The first-order valence-electron chi connectivity index (χ1n) is 8.84. The van der Waals surface area contributed by atoms with Crippen LogP contribution in [0.2, 0.25) is 0 Å². The average molecular weight is 382 g/mol. The molecule has 0 saturated carbocycles. The number of fused-ring (bicyclic) bond motifs is 1. The van der Waals surface area contributed by atoms with E-state index in [9.17, 15) is 19.5 Å². The van der Waals surface area contributed by atoms with E-state index in [0.29, 0.717) is 11.4 Å². The molecule has 0 radical (unpaired) electrons. The fraction of sp³-hybridized carbons (Fsp3) is 0.286. The molecule has 0 saturated heterocycles. The number of carbonyl (C=O) groups excluding carboxylic acids is 2. The van der Waals surface area contributed by atoms with Gasteiger partial charge in [0.1, 0.15) is 12.3 Å². The molecule has 1 heterocycles. The minimum absolute atomic E-state index is 0.0448. The summed E-state index contributed by atoms with van der Waals surface area (Å²) in [4.78, 5) is 37.9. The number of nitrogens with one attached hydrogen (secondary N) is 1. The van der Waals surface area contributed by atoms with Crippen molar-refractivity contribution in [3.63, 3.8) is 0 Å². The van der Waals surface area contributed by atoms with Crippen molar-refractivity contribution in [3.8, 4) is 5.75 Å². The molecule has 0 aromatic heterocycles. The Hall–Kier alpha value is -3.35. The van der Waals surface area contributed by atoms with E-state index in [-0.39, 0.29) is 29.7 Å². The summed E-state index contributed by atoms with van der Waals surface area (Å²) in [6.45, 7) is 6.89. The van der Waals surface area contributed by atoms with Crippen molar-refractivity contribution in [1.29, 1.82) is 0 Å². The fourth-order valence-electron chi connectivity index (χ4n) is 3.03. The van der Waals surface area contributed by atoms with Gasteiger partial charge in [-0.05, 0) is 69.2 Å². The van der Waals surface area contributed by atoms with Gasteiger partial charge in [0.15, 0.2) is 5.60 Å². The van der Waals surface area contributed by atoms with Gasteiger partial charge in [-0.1, -0.05) is 6.07 Å². The molecule has 0 bridgehead atoms. The van der Waals surface area contributed by atoms with Crippen LogP contribution in [0, 0.1) is 13.8 Å². The third-order valence-electron chi connectivity index (χ3n) is 4.72.